The predicted octanol–water partition coefficient (Wildman–Crippen LogP) is 0.891. The van der Waals surface area contributed by atoms with Crippen molar-refractivity contribution in [3.63, 3.8) is 0 Å². The molecule has 2 aliphatic carbocycles. The lowest BCUT2D eigenvalue weighted by molar-refractivity contribution is -0.125. The maximum absolute atomic E-state index is 14.4. The Labute approximate surface area is 185 Å². The second-order valence-corrected chi connectivity index (χ2v) is 10.3. The molecule has 0 aromatic heterocycles. The third kappa shape index (κ3) is 5.06. The van der Waals surface area contributed by atoms with Crippen LogP contribution in [0.3, 0.4) is 0 Å². The lowest BCUT2D eigenvalue weighted by Gasteiger charge is -2.45. The third-order valence-corrected chi connectivity index (χ3v) is 8.30. The fourth-order valence-electron chi connectivity index (χ4n) is 6.51. The van der Waals surface area contributed by atoms with E-state index in [1.165, 1.54) is 0 Å². The van der Waals surface area contributed by atoms with Crippen molar-refractivity contribution in [3.05, 3.63) is 0 Å². The first-order chi connectivity index (χ1) is 15.0. The summed E-state index contributed by atoms with van der Waals surface area (Å²) >= 11 is 0. The zero-order valence-corrected chi connectivity index (χ0v) is 19.1. The molecule has 8 heteroatoms. The molecule has 7 nitrogen and oxygen atoms in total. The van der Waals surface area contributed by atoms with Crippen molar-refractivity contribution in [2.45, 2.75) is 88.3 Å². The van der Waals surface area contributed by atoms with Crippen LogP contribution >= 0.6 is 0 Å². The minimum atomic E-state index is -0.777. The smallest absolute Gasteiger partial charge is 0.237 e. The van der Waals surface area contributed by atoms with Gasteiger partial charge < -0.3 is 20.9 Å². The minimum Gasteiger partial charge on any atom is -0.352 e. The van der Waals surface area contributed by atoms with Gasteiger partial charge in [0.15, 0.2) is 0 Å². The Morgan fingerprint density at radius 1 is 1.19 bits per heavy atom. The first kappa shape index (κ1) is 22.9. The summed E-state index contributed by atoms with van der Waals surface area (Å²) in [6.45, 7) is 5.52. The van der Waals surface area contributed by atoms with Crippen LogP contribution < -0.4 is 16.0 Å². The number of hydrogen-bond donors (Lipinski definition) is 3. The molecule has 176 valence electrons. The second-order valence-electron chi connectivity index (χ2n) is 10.3. The van der Waals surface area contributed by atoms with Gasteiger partial charge in [-0.2, -0.15) is 0 Å². The summed E-state index contributed by atoms with van der Waals surface area (Å²) in [7, 11) is 1.92. The van der Waals surface area contributed by atoms with Gasteiger partial charge in [-0.1, -0.05) is 6.92 Å². The van der Waals surface area contributed by atoms with E-state index in [2.05, 4.69) is 27.8 Å². The molecule has 0 bridgehead atoms. The van der Waals surface area contributed by atoms with Gasteiger partial charge >= 0.3 is 0 Å². The number of nitrogens with zero attached hydrogens (tertiary/aromatic N) is 2. The Balaban J connectivity index is 1.30. The number of likely N-dealkylation sites (N-methyl/N-ethyl adjacent to an activating group) is 1. The van der Waals surface area contributed by atoms with Crippen molar-refractivity contribution in [3.8, 4) is 0 Å². The van der Waals surface area contributed by atoms with Crippen molar-refractivity contribution in [2.24, 2.45) is 11.8 Å². The lowest BCUT2D eigenvalue weighted by Crippen LogP contribution is -2.59. The van der Waals surface area contributed by atoms with E-state index in [9.17, 15) is 14.0 Å². The van der Waals surface area contributed by atoms with Crippen LogP contribution in [-0.4, -0.2) is 91.7 Å². The molecule has 4 aliphatic rings. The van der Waals surface area contributed by atoms with Gasteiger partial charge in [-0.15, -0.1) is 0 Å². The molecule has 2 amide bonds. The van der Waals surface area contributed by atoms with E-state index in [0.717, 1.165) is 64.7 Å². The molecule has 6 unspecified atom stereocenters. The van der Waals surface area contributed by atoms with Crippen LogP contribution in [0.15, 0.2) is 0 Å². The topological polar surface area (TPSA) is 76.7 Å². The second kappa shape index (κ2) is 10.1. The Bertz CT molecular complexity index is 619. The summed E-state index contributed by atoms with van der Waals surface area (Å²) in [5.74, 6) is 0.472. The summed E-state index contributed by atoms with van der Waals surface area (Å²) in [4.78, 5) is 28.8. The SMILES string of the molecule is CNCC1CN([C@@H]2CCC[C@@H](NC(=O)C3CC4C(F)CCC(C)C4N3)C2)CCN1C=O. The highest BCUT2D eigenvalue weighted by Crippen LogP contribution is 2.38. The average Bonchev–Trinajstić information content (AvgIpc) is 3.24. The van der Waals surface area contributed by atoms with E-state index in [0.29, 0.717) is 24.8 Å². The molecule has 0 aromatic carbocycles. The zero-order valence-electron chi connectivity index (χ0n) is 19.1. The van der Waals surface area contributed by atoms with E-state index >= 15 is 0 Å². The van der Waals surface area contributed by atoms with Crippen LogP contribution in [0.1, 0.15) is 51.9 Å². The van der Waals surface area contributed by atoms with Crippen molar-refractivity contribution in [1.82, 2.24) is 25.8 Å². The molecule has 2 aliphatic heterocycles. The highest BCUT2D eigenvalue weighted by molar-refractivity contribution is 5.82. The molecule has 31 heavy (non-hydrogen) atoms. The lowest BCUT2D eigenvalue weighted by atomic mass is 9.77. The van der Waals surface area contributed by atoms with Gasteiger partial charge in [-0.05, 0) is 57.9 Å². The summed E-state index contributed by atoms with van der Waals surface area (Å²) in [5, 5.41) is 9.96. The van der Waals surface area contributed by atoms with Gasteiger partial charge in [0, 0.05) is 50.2 Å². The van der Waals surface area contributed by atoms with Crippen LogP contribution in [0.5, 0.6) is 0 Å². The van der Waals surface area contributed by atoms with Crippen LogP contribution in [0, 0.1) is 11.8 Å². The molecule has 4 fully saturated rings. The van der Waals surface area contributed by atoms with Gasteiger partial charge in [-0.3, -0.25) is 14.5 Å². The fraction of sp³-hybridized carbons (Fsp3) is 0.913. The van der Waals surface area contributed by atoms with E-state index in [1.807, 2.05) is 11.9 Å². The predicted molar refractivity (Wildman–Crippen MR) is 118 cm³/mol. The maximum atomic E-state index is 14.4. The first-order valence-electron chi connectivity index (χ1n) is 12.3. The number of carbonyl (C=O) groups is 2. The number of piperazine rings is 1. The van der Waals surface area contributed by atoms with Crippen LogP contribution in [0.2, 0.25) is 0 Å². The summed E-state index contributed by atoms with van der Waals surface area (Å²) in [6, 6.07) is 0.706. The number of rotatable bonds is 6. The van der Waals surface area contributed by atoms with Crippen molar-refractivity contribution < 1.29 is 14.0 Å². The molecule has 0 aromatic rings. The number of fused-ring (bicyclic) bond motifs is 1. The highest BCUT2D eigenvalue weighted by Gasteiger charge is 2.46. The number of hydrogen-bond acceptors (Lipinski definition) is 5. The summed E-state index contributed by atoms with van der Waals surface area (Å²) < 4.78 is 14.4. The molecule has 2 saturated carbocycles. The number of alkyl halides is 1. The Kier molecular flexibility index (Phi) is 7.49. The standard InChI is InChI=1S/C23H40FN5O2/c1-15-6-7-20(24)19-11-21(27-22(15)19)23(31)26-16-4-3-5-17(10-16)28-8-9-29(14-30)18(13-28)12-25-2/h14-22,25,27H,3-13H2,1-2H3,(H,26,31)/t15?,16-,17-,18?,19?,20?,21?,22?/m1/s1. The van der Waals surface area contributed by atoms with E-state index in [1.54, 1.807) is 0 Å². The molecule has 2 heterocycles. The van der Waals surface area contributed by atoms with E-state index < -0.39 is 6.17 Å². The summed E-state index contributed by atoms with van der Waals surface area (Å²) in [6.07, 6.45) is 6.57. The van der Waals surface area contributed by atoms with E-state index in [4.69, 9.17) is 0 Å². The normalized spacial score (nSPS) is 41.6. The van der Waals surface area contributed by atoms with Crippen molar-refractivity contribution in [2.75, 3.05) is 33.2 Å². The molecule has 2 saturated heterocycles. The Morgan fingerprint density at radius 2 is 2.03 bits per heavy atom. The quantitative estimate of drug-likeness (QED) is 0.538. The molecule has 0 radical (unpaired) electrons. The van der Waals surface area contributed by atoms with Gasteiger partial charge in [-0.25, -0.2) is 4.39 Å². The molecular formula is C23H40FN5O2. The molecule has 3 N–H and O–H groups in total. The largest absolute Gasteiger partial charge is 0.352 e. The van der Waals surface area contributed by atoms with Gasteiger partial charge in [0.1, 0.15) is 6.17 Å². The van der Waals surface area contributed by atoms with Crippen LogP contribution in [0.4, 0.5) is 4.39 Å². The minimum absolute atomic E-state index is 0.0168. The van der Waals surface area contributed by atoms with Gasteiger partial charge in [0.25, 0.3) is 0 Å². The van der Waals surface area contributed by atoms with E-state index in [-0.39, 0.29) is 36.0 Å². The summed E-state index contributed by atoms with van der Waals surface area (Å²) in [5.41, 5.74) is 0. The fourth-order valence-corrected chi connectivity index (χ4v) is 6.51. The highest BCUT2D eigenvalue weighted by atomic mass is 19.1. The average molecular weight is 438 g/mol. The zero-order chi connectivity index (χ0) is 22.0. The van der Waals surface area contributed by atoms with Gasteiger partial charge in [0.05, 0.1) is 12.1 Å². The molecule has 0 spiro atoms. The molecular weight excluding hydrogens is 397 g/mol. The van der Waals surface area contributed by atoms with Gasteiger partial charge in [0.2, 0.25) is 12.3 Å². The number of amides is 2. The van der Waals surface area contributed by atoms with Crippen molar-refractivity contribution >= 4 is 12.3 Å². The number of nitrogens with one attached hydrogen (secondary N) is 3. The number of halogens is 1. The number of carbonyl (C=O) groups excluding carboxylic acids is 2. The molecule has 4 rings (SSSR count). The Morgan fingerprint density at radius 3 is 2.77 bits per heavy atom. The maximum Gasteiger partial charge on any atom is 0.237 e. The molecule has 8 atom stereocenters. The Hall–Kier alpha value is -1.25. The third-order valence-electron chi connectivity index (χ3n) is 8.30. The van der Waals surface area contributed by atoms with Crippen LogP contribution in [0.25, 0.3) is 0 Å². The van der Waals surface area contributed by atoms with Crippen LogP contribution in [-0.2, 0) is 9.59 Å². The monoisotopic (exact) mass is 437 g/mol. The van der Waals surface area contributed by atoms with Crippen molar-refractivity contribution in [1.29, 1.82) is 0 Å². The first-order valence-corrected chi connectivity index (χ1v) is 12.3.